The molecule has 0 saturated heterocycles. The van der Waals surface area contributed by atoms with E-state index in [1.807, 2.05) is 22.9 Å². The minimum atomic E-state index is -0.0884. The fourth-order valence-electron chi connectivity index (χ4n) is 2.85. The highest BCUT2D eigenvalue weighted by Crippen LogP contribution is 2.34. The number of amides is 2. The van der Waals surface area contributed by atoms with Crippen LogP contribution in [0.1, 0.15) is 61.1 Å². The summed E-state index contributed by atoms with van der Waals surface area (Å²) in [6.07, 6.45) is 1.01. The number of hydrogen-bond donors (Lipinski definition) is 2. The molecule has 2 rings (SSSR count). The minimum absolute atomic E-state index is 0.0120. The molecule has 4 nitrogen and oxygen atoms in total. The van der Waals surface area contributed by atoms with E-state index in [0.717, 1.165) is 5.56 Å². The lowest BCUT2D eigenvalue weighted by Gasteiger charge is -2.33. The third kappa shape index (κ3) is 5.70. The van der Waals surface area contributed by atoms with Gasteiger partial charge in [-0.1, -0.05) is 45.0 Å². The standard InChI is InChI=1S/C21H28N2O2S/c1-15-8-5-6-9-17(15)19(21(2,3)4)23-18(24)10-7-12-22-20(25)16-11-13-26-14-16/h5-6,8-9,11,13-14,19H,7,10,12H2,1-4H3,(H,22,25)(H,23,24)/t19-/m0/s1. The van der Waals surface area contributed by atoms with Gasteiger partial charge in [-0.3, -0.25) is 9.59 Å². The Bertz CT molecular complexity index is 733. The van der Waals surface area contributed by atoms with Crippen molar-refractivity contribution in [1.82, 2.24) is 10.6 Å². The van der Waals surface area contributed by atoms with Gasteiger partial charge >= 0.3 is 0 Å². The van der Waals surface area contributed by atoms with Crippen LogP contribution in [0.4, 0.5) is 0 Å². The minimum Gasteiger partial charge on any atom is -0.352 e. The van der Waals surface area contributed by atoms with Crippen LogP contribution < -0.4 is 10.6 Å². The summed E-state index contributed by atoms with van der Waals surface area (Å²) in [5.41, 5.74) is 2.91. The molecule has 0 aliphatic carbocycles. The van der Waals surface area contributed by atoms with Crippen molar-refractivity contribution in [1.29, 1.82) is 0 Å². The maximum atomic E-state index is 12.4. The van der Waals surface area contributed by atoms with Gasteiger partial charge in [0.25, 0.3) is 5.91 Å². The largest absolute Gasteiger partial charge is 0.352 e. The fourth-order valence-corrected chi connectivity index (χ4v) is 3.49. The molecule has 2 aromatic rings. The van der Waals surface area contributed by atoms with E-state index in [0.29, 0.717) is 24.9 Å². The second kappa shape index (κ2) is 8.99. The summed E-state index contributed by atoms with van der Waals surface area (Å²) in [5.74, 6) is -0.0721. The number of rotatable bonds is 7. The van der Waals surface area contributed by atoms with Crippen molar-refractivity contribution in [3.8, 4) is 0 Å². The summed E-state index contributed by atoms with van der Waals surface area (Å²) in [6, 6.07) is 9.91. The van der Waals surface area contributed by atoms with Crippen LogP contribution in [0.15, 0.2) is 41.1 Å². The van der Waals surface area contributed by atoms with Gasteiger partial charge in [-0.15, -0.1) is 0 Å². The Morgan fingerprint density at radius 3 is 2.50 bits per heavy atom. The molecule has 0 fully saturated rings. The van der Waals surface area contributed by atoms with Crippen LogP contribution in [-0.2, 0) is 4.79 Å². The zero-order valence-corrected chi connectivity index (χ0v) is 16.8. The Morgan fingerprint density at radius 2 is 1.88 bits per heavy atom. The molecule has 1 heterocycles. The van der Waals surface area contributed by atoms with Crippen LogP contribution in [0.25, 0.3) is 0 Å². The van der Waals surface area contributed by atoms with Crippen molar-refractivity contribution >= 4 is 23.2 Å². The van der Waals surface area contributed by atoms with Crippen molar-refractivity contribution in [2.45, 2.75) is 46.6 Å². The lowest BCUT2D eigenvalue weighted by Crippen LogP contribution is -2.37. The van der Waals surface area contributed by atoms with E-state index in [1.54, 1.807) is 6.07 Å². The van der Waals surface area contributed by atoms with Crippen LogP contribution in [-0.4, -0.2) is 18.4 Å². The van der Waals surface area contributed by atoms with E-state index in [4.69, 9.17) is 0 Å². The van der Waals surface area contributed by atoms with Crippen LogP contribution in [0.3, 0.4) is 0 Å². The van der Waals surface area contributed by atoms with Crippen LogP contribution >= 0.6 is 11.3 Å². The van der Waals surface area contributed by atoms with Gasteiger partial charge in [0.2, 0.25) is 5.91 Å². The molecule has 0 saturated carbocycles. The predicted molar refractivity (Wildman–Crippen MR) is 107 cm³/mol. The van der Waals surface area contributed by atoms with Crippen LogP contribution in [0.2, 0.25) is 0 Å². The van der Waals surface area contributed by atoms with E-state index < -0.39 is 0 Å². The summed E-state index contributed by atoms with van der Waals surface area (Å²) in [7, 11) is 0. The first-order chi connectivity index (χ1) is 12.3. The van der Waals surface area contributed by atoms with E-state index in [-0.39, 0.29) is 23.3 Å². The number of thiophene rings is 1. The van der Waals surface area contributed by atoms with Gasteiger partial charge < -0.3 is 10.6 Å². The molecular formula is C21H28N2O2S. The molecule has 0 bridgehead atoms. The van der Waals surface area contributed by atoms with E-state index in [1.165, 1.54) is 16.9 Å². The van der Waals surface area contributed by atoms with Crippen LogP contribution in [0.5, 0.6) is 0 Å². The van der Waals surface area contributed by atoms with Crippen LogP contribution in [0, 0.1) is 12.3 Å². The molecule has 0 radical (unpaired) electrons. The van der Waals surface area contributed by atoms with Crippen molar-refractivity contribution in [2.75, 3.05) is 6.54 Å². The molecule has 5 heteroatoms. The van der Waals surface area contributed by atoms with Crippen molar-refractivity contribution in [3.63, 3.8) is 0 Å². The van der Waals surface area contributed by atoms with Gasteiger partial charge in [-0.25, -0.2) is 0 Å². The van der Waals surface area contributed by atoms with Gasteiger partial charge in [0.05, 0.1) is 6.04 Å². The quantitative estimate of drug-likeness (QED) is 0.705. The van der Waals surface area contributed by atoms with E-state index in [9.17, 15) is 9.59 Å². The number of benzene rings is 1. The summed E-state index contributed by atoms with van der Waals surface area (Å²) >= 11 is 1.50. The third-order valence-electron chi connectivity index (χ3n) is 4.32. The van der Waals surface area contributed by atoms with Gasteiger partial charge in [0.15, 0.2) is 0 Å². The number of carbonyl (C=O) groups is 2. The molecule has 2 N–H and O–H groups in total. The number of hydrogen-bond acceptors (Lipinski definition) is 3. The molecule has 1 atom stereocenters. The lowest BCUT2D eigenvalue weighted by molar-refractivity contribution is -0.122. The highest BCUT2D eigenvalue weighted by atomic mass is 32.1. The summed E-state index contributed by atoms with van der Waals surface area (Å²) in [4.78, 5) is 24.3. The summed E-state index contributed by atoms with van der Waals surface area (Å²) < 4.78 is 0. The van der Waals surface area contributed by atoms with E-state index in [2.05, 4.69) is 50.5 Å². The first kappa shape index (κ1) is 20.2. The Balaban J connectivity index is 1.86. The fraction of sp³-hybridized carbons (Fsp3) is 0.429. The zero-order chi connectivity index (χ0) is 19.2. The molecule has 0 aliphatic heterocycles. The molecule has 0 spiro atoms. The Kier molecular flexibility index (Phi) is 6.98. The molecule has 26 heavy (non-hydrogen) atoms. The maximum absolute atomic E-state index is 12.4. The smallest absolute Gasteiger partial charge is 0.252 e. The van der Waals surface area contributed by atoms with E-state index >= 15 is 0 Å². The third-order valence-corrected chi connectivity index (χ3v) is 5.00. The number of carbonyl (C=O) groups excluding carboxylic acids is 2. The van der Waals surface area contributed by atoms with Gasteiger partial charge in [0, 0.05) is 23.9 Å². The van der Waals surface area contributed by atoms with Gasteiger partial charge in [0.1, 0.15) is 0 Å². The maximum Gasteiger partial charge on any atom is 0.252 e. The molecule has 0 aliphatic rings. The second-order valence-electron chi connectivity index (χ2n) is 7.59. The highest BCUT2D eigenvalue weighted by Gasteiger charge is 2.28. The average Bonchev–Trinajstić information content (AvgIpc) is 3.11. The van der Waals surface area contributed by atoms with Crippen molar-refractivity contribution < 1.29 is 9.59 Å². The van der Waals surface area contributed by atoms with Gasteiger partial charge in [-0.05, 0) is 41.3 Å². The number of aryl methyl sites for hydroxylation is 1. The molecule has 140 valence electrons. The molecule has 1 aromatic carbocycles. The Hall–Kier alpha value is -2.14. The Morgan fingerprint density at radius 1 is 1.15 bits per heavy atom. The van der Waals surface area contributed by atoms with Crippen molar-refractivity contribution in [2.24, 2.45) is 5.41 Å². The molecule has 0 unspecified atom stereocenters. The first-order valence-electron chi connectivity index (χ1n) is 8.94. The summed E-state index contributed by atoms with van der Waals surface area (Å²) in [6.45, 7) is 8.95. The molecule has 1 aromatic heterocycles. The highest BCUT2D eigenvalue weighted by molar-refractivity contribution is 7.08. The number of nitrogens with one attached hydrogen (secondary N) is 2. The first-order valence-corrected chi connectivity index (χ1v) is 9.88. The molecule has 2 amide bonds. The SMILES string of the molecule is Cc1ccccc1[C@H](NC(=O)CCCNC(=O)c1ccsc1)C(C)(C)C. The topological polar surface area (TPSA) is 58.2 Å². The normalized spacial score (nSPS) is 12.5. The lowest BCUT2D eigenvalue weighted by atomic mass is 9.80. The second-order valence-corrected chi connectivity index (χ2v) is 8.37. The summed E-state index contributed by atoms with van der Waals surface area (Å²) in [5, 5.41) is 9.73. The van der Waals surface area contributed by atoms with Crippen molar-refractivity contribution in [3.05, 3.63) is 57.8 Å². The Labute approximate surface area is 160 Å². The zero-order valence-electron chi connectivity index (χ0n) is 16.0. The monoisotopic (exact) mass is 372 g/mol. The predicted octanol–water partition coefficient (Wildman–Crippen LogP) is 4.47. The average molecular weight is 373 g/mol. The molecular weight excluding hydrogens is 344 g/mol. The van der Waals surface area contributed by atoms with Gasteiger partial charge in [-0.2, -0.15) is 11.3 Å².